The highest BCUT2D eigenvalue weighted by Crippen LogP contribution is 2.23. The zero-order chi connectivity index (χ0) is 13.0. The largest absolute Gasteiger partial charge is 0.397 e. The Labute approximate surface area is 109 Å². The molecule has 2 aromatic rings. The van der Waals surface area contributed by atoms with Crippen LogP contribution in [0.3, 0.4) is 0 Å². The summed E-state index contributed by atoms with van der Waals surface area (Å²) in [5, 5.41) is 0. The molecule has 0 aromatic heterocycles. The molecule has 0 heterocycles. The maximum absolute atomic E-state index is 6.05. The number of benzene rings is 2. The van der Waals surface area contributed by atoms with E-state index in [4.69, 9.17) is 5.73 Å². The summed E-state index contributed by atoms with van der Waals surface area (Å²) in [5.74, 6) is 0. The highest BCUT2D eigenvalue weighted by molar-refractivity contribution is 5.68. The average molecular weight is 240 g/mol. The van der Waals surface area contributed by atoms with Crippen LogP contribution in [0.5, 0.6) is 0 Å². The molecule has 2 heteroatoms. The van der Waals surface area contributed by atoms with Crippen LogP contribution in [0.1, 0.15) is 11.1 Å². The zero-order valence-electron chi connectivity index (χ0n) is 11.1. The molecule has 2 nitrogen and oxygen atoms in total. The van der Waals surface area contributed by atoms with Gasteiger partial charge < -0.3 is 10.6 Å². The van der Waals surface area contributed by atoms with Crippen molar-refractivity contribution in [3.05, 3.63) is 59.7 Å². The molecule has 0 aliphatic heterocycles. The molecule has 18 heavy (non-hydrogen) atoms. The first kappa shape index (κ1) is 12.5. The number of anilines is 2. The lowest BCUT2D eigenvalue weighted by Crippen LogP contribution is -2.21. The van der Waals surface area contributed by atoms with Crippen LogP contribution in [-0.4, -0.2) is 13.6 Å². The van der Waals surface area contributed by atoms with E-state index in [0.29, 0.717) is 0 Å². The van der Waals surface area contributed by atoms with Crippen LogP contribution in [0.2, 0.25) is 0 Å². The minimum absolute atomic E-state index is 0.852. The quantitative estimate of drug-likeness (QED) is 0.831. The van der Waals surface area contributed by atoms with Crippen LogP contribution in [0, 0.1) is 6.92 Å². The standard InChI is InChI=1S/C16H20N2/c1-13-8-9-16(15(17)12-13)18(2)11-10-14-6-4-3-5-7-14/h3-9,12H,10-11,17H2,1-2H3. The third kappa shape index (κ3) is 3.04. The van der Waals surface area contributed by atoms with Crippen molar-refractivity contribution in [2.45, 2.75) is 13.3 Å². The second kappa shape index (κ2) is 5.58. The summed E-state index contributed by atoms with van der Waals surface area (Å²) in [7, 11) is 2.09. The predicted molar refractivity (Wildman–Crippen MR) is 79.0 cm³/mol. The van der Waals surface area contributed by atoms with E-state index in [2.05, 4.69) is 55.3 Å². The van der Waals surface area contributed by atoms with Gasteiger partial charge in [0, 0.05) is 13.6 Å². The van der Waals surface area contributed by atoms with Gasteiger partial charge >= 0.3 is 0 Å². The van der Waals surface area contributed by atoms with E-state index >= 15 is 0 Å². The molecule has 0 atom stereocenters. The molecule has 2 N–H and O–H groups in total. The average Bonchev–Trinajstić information content (AvgIpc) is 2.37. The molecule has 0 saturated carbocycles. The van der Waals surface area contributed by atoms with Crippen LogP contribution < -0.4 is 10.6 Å². The SMILES string of the molecule is Cc1ccc(N(C)CCc2ccccc2)c(N)c1. The number of hydrogen-bond donors (Lipinski definition) is 1. The van der Waals surface area contributed by atoms with E-state index in [-0.39, 0.29) is 0 Å². The minimum Gasteiger partial charge on any atom is -0.397 e. The Morgan fingerprint density at radius 3 is 2.44 bits per heavy atom. The van der Waals surface area contributed by atoms with E-state index in [1.165, 1.54) is 11.1 Å². The van der Waals surface area contributed by atoms with Gasteiger partial charge in [0.1, 0.15) is 0 Å². The number of nitrogens with zero attached hydrogens (tertiary/aromatic N) is 1. The molecular weight excluding hydrogens is 220 g/mol. The number of nitrogen functional groups attached to an aromatic ring is 1. The monoisotopic (exact) mass is 240 g/mol. The van der Waals surface area contributed by atoms with Gasteiger partial charge in [0.15, 0.2) is 0 Å². The van der Waals surface area contributed by atoms with Gasteiger partial charge in [0.05, 0.1) is 11.4 Å². The van der Waals surface area contributed by atoms with Crippen LogP contribution in [0.4, 0.5) is 11.4 Å². The van der Waals surface area contributed by atoms with Gasteiger partial charge in [-0.2, -0.15) is 0 Å². The van der Waals surface area contributed by atoms with Gasteiger partial charge in [0.25, 0.3) is 0 Å². The summed E-state index contributed by atoms with van der Waals surface area (Å²) < 4.78 is 0. The van der Waals surface area contributed by atoms with E-state index < -0.39 is 0 Å². The summed E-state index contributed by atoms with van der Waals surface area (Å²) in [4.78, 5) is 2.21. The molecule has 0 aliphatic rings. The predicted octanol–water partition coefficient (Wildman–Crippen LogP) is 3.26. The Bertz CT molecular complexity index is 506. The first-order valence-corrected chi connectivity index (χ1v) is 6.28. The molecular formula is C16H20N2. The van der Waals surface area contributed by atoms with Gasteiger partial charge in [-0.05, 0) is 36.6 Å². The second-order valence-corrected chi connectivity index (χ2v) is 4.72. The molecule has 0 unspecified atom stereocenters. The Morgan fingerprint density at radius 1 is 1.06 bits per heavy atom. The minimum atomic E-state index is 0.852. The summed E-state index contributed by atoms with van der Waals surface area (Å²) in [5.41, 5.74) is 10.6. The van der Waals surface area contributed by atoms with Gasteiger partial charge in [0.2, 0.25) is 0 Å². The molecule has 0 bridgehead atoms. The Kier molecular flexibility index (Phi) is 3.88. The maximum atomic E-state index is 6.05. The van der Waals surface area contributed by atoms with Crippen LogP contribution >= 0.6 is 0 Å². The molecule has 0 radical (unpaired) electrons. The number of aryl methyl sites for hydroxylation is 1. The van der Waals surface area contributed by atoms with Crippen LogP contribution in [0.15, 0.2) is 48.5 Å². The number of rotatable bonds is 4. The van der Waals surface area contributed by atoms with Gasteiger partial charge in [-0.3, -0.25) is 0 Å². The van der Waals surface area contributed by atoms with Crippen molar-refractivity contribution in [2.24, 2.45) is 0 Å². The van der Waals surface area contributed by atoms with E-state index in [1.54, 1.807) is 0 Å². The Balaban J connectivity index is 2.01. The number of hydrogen-bond acceptors (Lipinski definition) is 2. The summed E-state index contributed by atoms with van der Waals surface area (Å²) in [6.45, 7) is 3.03. The third-order valence-corrected chi connectivity index (χ3v) is 3.17. The van der Waals surface area contributed by atoms with Crippen molar-refractivity contribution in [3.63, 3.8) is 0 Å². The molecule has 0 amide bonds. The smallest absolute Gasteiger partial charge is 0.0597 e. The lowest BCUT2D eigenvalue weighted by atomic mass is 10.1. The molecule has 0 spiro atoms. The van der Waals surface area contributed by atoms with Gasteiger partial charge in [-0.1, -0.05) is 36.4 Å². The summed E-state index contributed by atoms with van der Waals surface area (Å²) >= 11 is 0. The number of nitrogens with two attached hydrogens (primary N) is 1. The molecule has 2 rings (SSSR count). The molecule has 0 saturated heterocycles. The normalized spacial score (nSPS) is 10.3. The van der Waals surface area contributed by atoms with Crippen molar-refractivity contribution < 1.29 is 0 Å². The van der Waals surface area contributed by atoms with Crippen molar-refractivity contribution in [1.29, 1.82) is 0 Å². The molecule has 2 aromatic carbocycles. The van der Waals surface area contributed by atoms with Crippen molar-refractivity contribution in [1.82, 2.24) is 0 Å². The third-order valence-electron chi connectivity index (χ3n) is 3.17. The fraction of sp³-hybridized carbons (Fsp3) is 0.250. The van der Waals surface area contributed by atoms with Crippen molar-refractivity contribution >= 4 is 11.4 Å². The second-order valence-electron chi connectivity index (χ2n) is 4.72. The van der Waals surface area contributed by atoms with Gasteiger partial charge in [-0.25, -0.2) is 0 Å². The van der Waals surface area contributed by atoms with Crippen molar-refractivity contribution in [3.8, 4) is 0 Å². The van der Waals surface area contributed by atoms with E-state index in [9.17, 15) is 0 Å². The van der Waals surface area contributed by atoms with Crippen molar-refractivity contribution in [2.75, 3.05) is 24.2 Å². The highest BCUT2D eigenvalue weighted by atomic mass is 15.1. The molecule has 94 valence electrons. The fourth-order valence-corrected chi connectivity index (χ4v) is 2.08. The summed E-state index contributed by atoms with van der Waals surface area (Å²) in [6, 6.07) is 16.7. The van der Waals surface area contributed by atoms with E-state index in [1.807, 2.05) is 12.1 Å². The Morgan fingerprint density at radius 2 is 1.78 bits per heavy atom. The first-order chi connectivity index (χ1) is 8.66. The van der Waals surface area contributed by atoms with Crippen LogP contribution in [-0.2, 0) is 6.42 Å². The fourth-order valence-electron chi connectivity index (χ4n) is 2.08. The number of likely N-dealkylation sites (N-methyl/N-ethyl adjacent to an activating group) is 1. The Hall–Kier alpha value is -1.96. The lowest BCUT2D eigenvalue weighted by molar-refractivity contribution is 0.878. The first-order valence-electron chi connectivity index (χ1n) is 6.28. The topological polar surface area (TPSA) is 29.3 Å². The van der Waals surface area contributed by atoms with Crippen LogP contribution in [0.25, 0.3) is 0 Å². The van der Waals surface area contributed by atoms with Gasteiger partial charge in [-0.15, -0.1) is 0 Å². The maximum Gasteiger partial charge on any atom is 0.0597 e. The van der Waals surface area contributed by atoms with E-state index in [0.717, 1.165) is 24.3 Å². The summed E-state index contributed by atoms with van der Waals surface area (Å²) in [6.07, 6.45) is 1.03. The zero-order valence-corrected chi connectivity index (χ0v) is 11.1. The molecule has 0 fully saturated rings. The highest BCUT2D eigenvalue weighted by Gasteiger charge is 2.05. The molecule has 0 aliphatic carbocycles. The lowest BCUT2D eigenvalue weighted by Gasteiger charge is -2.21.